The van der Waals surface area contributed by atoms with E-state index in [1.165, 1.54) is 0 Å². The van der Waals surface area contributed by atoms with Gasteiger partial charge in [-0.15, -0.1) is 0 Å². The summed E-state index contributed by atoms with van der Waals surface area (Å²) in [5, 5.41) is 1.57. The number of hydrogen-bond acceptors (Lipinski definition) is 5. The lowest BCUT2D eigenvalue weighted by Crippen LogP contribution is -2.66. The van der Waals surface area contributed by atoms with Gasteiger partial charge in [0.05, 0.1) is 13.3 Å². The Morgan fingerprint density at radius 2 is 2.08 bits per heavy atom. The highest BCUT2D eigenvalue weighted by molar-refractivity contribution is 7.89. The van der Waals surface area contributed by atoms with Gasteiger partial charge < -0.3 is 0 Å². The zero-order valence-corrected chi connectivity index (χ0v) is 8.00. The van der Waals surface area contributed by atoms with Gasteiger partial charge in [0.1, 0.15) is 0 Å². The average molecular weight is 204 g/mol. The molecule has 4 unspecified atom stereocenters. The van der Waals surface area contributed by atoms with E-state index in [1.807, 2.05) is 5.01 Å². The standard InChI is InChI=1S/C6H12N4O2S/c11-13(12)6-3-8-1-2-9(7-6)5-10(13)4-8/h6-7H,1-5H2. The fraction of sp³-hybridized carbons (Fsp3) is 1.00. The molecule has 0 amide bonds. The summed E-state index contributed by atoms with van der Waals surface area (Å²) >= 11 is 0. The molecule has 7 heteroatoms. The molecule has 4 aliphatic rings. The van der Waals surface area contributed by atoms with Crippen LogP contribution in [0, 0.1) is 0 Å². The van der Waals surface area contributed by atoms with Gasteiger partial charge in [0.15, 0.2) is 5.37 Å². The van der Waals surface area contributed by atoms with E-state index in [4.69, 9.17) is 0 Å². The smallest absolute Gasteiger partial charge is 0.235 e. The summed E-state index contributed by atoms with van der Waals surface area (Å²) in [6, 6.07) is 0. The third kappa shape index (κ3) is 1.05. The van der Waals surface area contributed by atoms with Crippen LogP contribution in [0.5, 0.6) is 0 Å². The molecule has 1 N–H and O–H groups in total. The van der Waals surface area contributed by atoms with Crippen molar-refractivity contribution in [3.63, 3.8) is 0 Å². The van der Waals surface area contributed by atoms with E-state index in [9.17, 15) is 8.42 Å². The number of sulfonamides is 1. The molecule has 4 atom stereocenters. The molecule has 0 aromatic carbocycles. The number of nitrogens with one attached hydrogen (secondary N) is 1. The van der Waals surface area contributed by atoms with Crippen LogP contribution >= 0.6 is 0 Å². The van der Waals surface area contributed by atoms with Crippen LogP contribution < -0.4 is 5.43 Å². The number of fused-ring (bicyclic) bond motifs is 1. The van der Waals surface area contributed by atoms with Crippen LogP contribution in [0.4, 0.5) is 0 Å². The van der Waals surface area contributed by atoms with Gasteiger partial charge in [-0.25, -0.2) is 18.9 Å². The number of rotatable bonds is 0. The Morgan fingerprint density at radius 1 is 1.23 bits per heavy atom. The molecule has 0 aromatic rings. The predicted molar refractivity (Wildman–Crippen MR) is 45.7 cm³/mol. The van der Waals surface area contributed by atoms with E-state index < -0.39 is 15.4 Å². The molecule has 4 saturated heterocycles. The minimum Gasteiger partial charge on any atom is -0.286 e. The summed E-state index contributed by atoms with van der Waals surface area (Å²) in [6.45, 7) is 3.54. The third-order valence-electron chi connectivity index (χ3n) is 2.84. The first-order valence-corrected chi connectivity index (χ1v) is 5.89. The van der Waals surface area contributed by atoms with E-state index in [0.717, 1.165) is 13.1 Å². The lowest BCUT2D eigenvalue weighted by atomic mass is 10.5. The quantitative estimate of drug-likeness (QED) is 0.495. The second-order valence-electron chi connectivity index (χ2n) is 3.74. The van der Waals surface area contributed by atoms with Gasteiger partial charge in [-0.1, -0.05) is 0 Å². The highest BCUT2D eigenvalue weighted by Crippen LogP contribution is 2.23. The molecule has 74 valence electrons. The molecule has 4 aliphatic heterocycles. The van der Waals surface area contributed by atoms with Crippen molar-refractivity contribution in [2.75, 3.05) is 33.0 Å². The van der Waals surface area contributed by atoms with Gasteiger partial charge in [-0.2, -0.15) is 4.31 Å². The van der Waals surface area contributed by atoms with E-state index in [0.29, 0.717) is 19.9 Å². The highest BCUT2D eigenvalue weighted by Gasteiger charge is 2.46. The molecule has 0 saturated carbocycles. The Kier molecular flexibility index (Phi) is 1.52. The Morgan fingerprint density at radius 3 is 2.85 bits per heavy atom. The molecule has 0 spiro atoms. The van der Waals surface area contributed by atoms with E-state index in [2.05, 4.69) is 10.3 Å². The van der Waals surface area contributed by atoms with Crippen molar-refractivity contribution in [3.8, 4) is 0 Å². The largest absolute Gasteiger partial charge is 0.286 e. The zero-order valence-electron chi connectivity index (χ0n) is 7.18. The molecule has 0 aromatic heterocycles. The minimum absolute atomic E-state index is 0.419. The Bertz CT molecular complexity index is 292. The second kappa shape index (κ2) is 2.43. The summed E-state index contributed by atoms with van der Waals surface area (Å²) in [6.07, 6.45) is 0. The summed E-state index contributed by atoms with van der Waals surface area (Å²) in [4.78, 5) is 2.17. The molecule has 13 heavy (non-hydrogen) atoms. The van der Waals surface area contributed by atoms with Crippen LogP contribution in [0.1, 0.15) is 0 Å². The van der Waals surface area contributed by atoms with Gasteiger partial charge in [0.25, 0.3) is 0 Å². The van der Waals surface area contributed by atoms with Gasteiger partial charge in [0.2, 0.25) is 10.0 Å². The first-order valence-electron chi connectivity index (χ1n) is 4.39. The SMILES string of the molecule is O=S1(=O)C2CN3CCN(CN1C3)N2. The average Bonchev–Trinajstić information content (AvgIpc) is 2.28. The van der Waals surface area contributed by atoms with Crippen molar-refractivity contribution in [1.82, 2.24) is 19.6 Å². The summed E-state index contributed by atoms with van der Waals surface area (Å²) in [5.74, 6) is 0. The second-order valence-corrected chi connectivity index (χ2v) is 5.85. The molecule has 0 aliphatic carbocycles. The number of nitrogens with zero attached hydrogens (tertiary/aromatic N) is 3. The van der Waals surface area contributed by atoms with Crippen molar-refractivity contribution in [1.29, 1.82) is 0 Å². The molecule has 4 heterocycles. The number of hydrogen-bond donors (Lipinski definition) is 1. The molecule has 6 nitrogen and oxygen atoms in total. The van der Waals surface area contributed by atoms with E-state index >= 15 is 0 Å². The lowest BCUT2D eigenvalue weighted by Gasteiger charge is -2.42. The molecule has 0 radical (unpaired) electrons. The number of hydrazine groups is 1. The molecule has 4 rings (SSSR count). The highest BCUT2D eigenvalue weighted by atomic mass is 32.2. The van der Waals surface area contributed by atoms with Crippen LogP contribution in [0.2, 0.25) is 0 Å². The Hall–Kier alpha value is -0.210. The van der Waals surface area contributed by atoms with Gasteiger partial charge in [-0.3, -0.25) is 4.90 Å². The minimum atomic E-state index is -3.05. The van der Waals surface area contributed by atoms with Gasteiger partial charge >= 0.3 is 0 Å². The van der Waals surface area contributed by atoms with Gasteiger partial charge in [0, 0.05) is 19.6 Å². The fourth-order valence-corrected chi connectivity index (χ4v) is 3.76. The Balaban J connectivity index is 2.05. The maximum Gasteiger partial charge on any atom is 0.235 e. The van der Waals surface area contributed by atoms with Crippen molar-refractivity contribution in [3.05, 3.63) is 0 Å². The van der Waals surface area contributed by atoms with Crippen molar-refractivity contribution in [2.45, 2.75) is 5.37 Å². The molecule has 4 bridgehead atoms. The van der Waals surface area contributed by atoms with Crippen LogP contribution in [0.15, 0.2) is 0 Å². The third-order valence-corrected chi connectivity index (χ3v) is 4.77. The zero-order chi connectivity index (χ0) is 9.05. The van der Waals surface area contributed by atoms with Crippen LogP contribution in [-0.2, 0) is 10.0 Å². The topological polar surface area (TPSA) is 55.9 Å². The normalized spacial score (nSPS) is 52.0. The van der Waals surface area contributed by atoms with Gasteiger partial charge in [-0.05, 0) is 0 Å². The maximum absolute atomic E-state index is 11.7. The first kappa shape index (κ1) is 8.13. The summed E-state index contributed by atoms with van der Waals surface area (Å²) in [7, 11) is -3.05. The molecular weight excluding hydrogens is 192 g/mol. The first-order chi connectivity index (χ1) is 6.16. The van der Waals surface area contributed by atoms with Crippen LogP contribution in [0.25, 0.3) is 0 Å². The van der Waals surface area contributed by atoms with Crippen molar-refractivity contribution >= 4 is 10.0 Å². The van der Waals surface area contributed by atoms with Crippen LogP contribution in [0.3, 0.4) is 0 Å². The summed E-state index contributed by atoms with van der Waals surface area (Å²) < 4.78 is 25.0. The molecule has 4 fully saturated rings. The predicted octanol–water partition coefficient (Wildman–Crippen LogP) is -1.99. The molecular formula is C6H12N4O2S. The lowest BCUT2D eigenvalue weighted by molar-refractivity contribution is 0.0866. The summed E-state index contributed by atoms with van der Waals surface area (Å²) in [5.41, 5.74) is 3.03. The van der Waals surface area contributed by atoms with Crippen LogP contribution in [-0.4, -0.2) is 61.0 Å². The van der Waals surface area contributed by atoms with Crippen molar-refractivity contribution < 1.29 is 8.42 Å². The maximum atomic E-state index is 11.7. The van der Waals surface area contributed by atoms with E-state index in [-0.39, 0.29) is 0 Å². The fourth-order valence-electron chi connectivity index (χ4n) is 2.10. The Labute approximate surface area is 77.1 Å². The van der Waals surface area contributed by atoms with E-state index in [1.54, 1.807) is 4.31 Å². The monoisotopic (exact) mass is 204 g/mol. The van der Waals surface area contributed by atoms with Crippen molar-refractivity contribution in [2.24, 2.45) is 0 Å².